The van der Waals surface area contributed by atoms with Gasteiger partial charge in [-0.15, -0.1) is 0 Å². The first-order valence-electron chi connectivity index (χ1n) is 6.03. The van der Waals surface area contributed by atoms with Crippen molar-refractivity contribution in [3.8, 4) is 6.07 Å². The smallest absolute Gasteiger partial charge is 0.251 e. The Morgan fingerprint density at radius 1 is 1.47 bits per heavy atom. The van der Waals surface area contributed by atoms with Crippen molar-refractivity contribution < 1.29 is 4.79 Å². The van der Waals surface area contributed by atoms with Gasteiger partial charge in [0.25, 0.3) is 5.91 Å². The van der Waals surface area contributed by atoms with Crippen LogP contribution in [0.25, 0.3) is 0 Å². The van der Waals surface area contributed by atoms with Crippen LogP contribution < -0.4 is 5.32 Å². The Morgan fingerprint density at radius 2 is 2.32 bits per heavy atom. The molecule has 0 atom stereocenters. The summed E-state index contributed by atoms with van der Waals surface area (Å²) in [6.45, 7) is 3.18. The van der Waals surface area contributed by atoms with Crippen LogP contribution in [-0.2, 0) is 13.1 Å². The highest BCUT2D eigenvalue weighted by atomic mass is 16.1. The highest BCUT2D eigenvalue weighted by Crippen LogP contribution is 2.04. The summed E-state index contributed by atoms with van der Waals surface area (Å²) >= 11 is 0. The van der Waals surface area contributed by atoms with Crippen LogP contribution in [0.2, 0.25) is 0 Å². The molecule has 0 saturated carbocycles. The summed E-state index contributed by atoms with van der Waals surface area (Å²) in [6.07, 6.45) is 1.87. The Hall–Kier alpha value is -2.61. The Morgan fingerprint density at radius 3 is 3.00 bits per heavy atom. The van der Waals surface area contributed by atoms with Crippen LogP contribution in [0.15, 0.2) is 36.5 Å². The van der Waals surface area contributed by atoms with Crippen LogP contribution in [0.4, 0.5) is 0 Å². The van der Waals surface area contributed by atoms with E-state index in [1.54, 1.807) is 28.9 Å². The number of amides is 1. The maximum absolute atomic E-state index is 11.9. The molecule has 1 aromatic heterocycles. The van der Waals surface area contributed by atoms with Crippen molar-refractivity contribution in [3.05, 3.63) is 53.3 Å². The van der Waals surface area contributed by atoms with Gasteiger partial charge in [0.2, 0.25) is 0 Å². The van der Waals surface area contributed by atoms with Gasteiger partial charge >= 0.3 is 0 Å². The predicted molar refractivity (Wildman–Crippen MR) is 70.2 cm³/mol. The largest absolute Gasteiger partial charge is 0.346 e. The van der Waals surface area contributed by atoms with Crippen LogP contribution in [0.5, 0.6) is 0 Å². The lowest BCUT2D eigenvalue weighted by Crippen LogP contribution is -2.23. The molecule has 0 bridgehead atoms. The number of aromatic nitrogens is 2. The minimum atomic E-state index is -0.205. The van der Waals surface area contributed by atoms with Gasteiger partial charge in [-0.3, -0.25) is 9.48 Å². The minimum absolute atomic E-state index is 0.205. The average Bonchev–Trinajstić information content (AvgIpc) is 2.93. The highest BCUT2D eigenvalue weighted by molar-refractivity contribution is 5.94. The fourth-order valence-corrected chi connectivity index (χ4v) is 1.68. The van der Waals surface area contributed by atoms with Crippen molar-refractivity contribution in [2.75, 3.05) is 0 Å². The molecule has 0 spiro atoms. The van der Waals surface area contributed by atoms with E-state index >= 15 is 0 Å². The highest BCUT2D eigenvalue weighted by Gasteiger charge is 2.06. The van der Waals surface area contributed by atoms with Gasteiger partial charge in [0.15, 0.2) is 0 Å². The first kappa shape index (κ1) is 12.8. The molecule has 0 aliphatic rings. The van der Waals surface area contributed by atoms with Gasteiger partial charge in [0.1, 0.15) is 0 Å². The van der Waals surface area contributed by atoms with E-state index in [0.717, 1.165) is 12.2 Å². The van der Waals surface area contributed by atoms with E-state index in [0.29, 0.717) is 17.7 Å². The van der Waals surface area contributed by atoms with Gasteiger partial charge in [-0.2, -0.15) is 10.4 Å². The van der Waals surface area contributed by atoms with E-state index in [1.165, 1.54) is 0 Å². The van der Waals surface area contributed by atoms with Crippen molar-refractivity contribution >= 4 is 5.91 Å². The zero-order valence-electron chi connectivity index (χ0n) is 10.6. The van der Waals surface area contributed by atoms with Gasteiger partial charge in [-0.25, -0.2) is 0 Å². The van der Waals surface area contributed by atoms with Crippen molar-refractivity contribution in [1.82, 2.24) is 15.1 Å². The summed E-state index contributed by atoms with van der Waals surface area (Å²) in [7, 11) is 0. The van der Waals surface area contributed by atoms with E-state index in [1.807, 2.05) is 25.3 Å². The maximum atomic E-state index is 11.9. The molecule has 0 radical (unpaired) electrons. The van der Waals surface area contributed by atoms with Gasteiger partial charge < -0.3 is 5.32 Å². The topological polar surface area (TPSA) is 70.7 Å². The molecule has 5 nitrogen and oxygen atoms in total. The number of nitrogens with zero attached hydrogens (tertiary/aromatic N) is 3. The van der Waals surface area contributed by atoms with Crippen LogP contribution in [-0.4, -0.2) is 15.7 Å². The van der Waals surface area contributed by atoms with E-state index in [2.05, 4.69) is 10.4 Å². The lowest BCUT2D eigenvalue weighted by molar-refractivity contribution is 0.0950. The van der Waals surface area contributed by atoms with Gasteiger partial charge in [-0.05, 0) is 31.2 Å². The summed E-state index contributed by atoms with van der Waals surface area (Å²) in [5.41, 5.74) is 1.77. The van der Waals surface area contributed by atoms with Crippen LogP contribution >= 0.6 is 0 Å². The zero-order valence-corrected chi connectivity index (χ0v) is 10.6. The third-order valence-electron chi connectivity index (χ3n) is 2.70. The zero-order chi connectivity index (χ0) is 13.7. The van der Waals surface area contributed by atoms with Gasteiger partial charge in [0.05, 0.1) is 23.9 Å². The SMILES string of the molecule is CCn1ccc(CNC(=O)c2cccc(C#N)c2)n1. The Kier molecular flexibility index (Phi) is 3.94. The fraction of sp³-hybridized carbons (Fsp3) is 0.214. The quantitative estimate of drug-likeness (QED) is 0.902. The summed E-state index contributed by atoms with van der Waals surface area (Å²) in [4.78, 5) is 11.9. The molecule has 0 unspecified atom stereocenters. The molecule has 1 N–H and O–H groups in total. The standard InChI is InChI=1S/C14H14N4O/c1-2-18-7-6-13(17-18)10-16-14(19)12-5-3-4-11(8-12)9-15/h3-8H,2,10H2,1H3,(H,16,19). The first-order valence-corrected chi connectivity index (χ1v) is 6.03. The fourth-order valence-electron chi connectivity index (χ4n) is 1.68. The molecule has 2 rings (SSSR count). The second-order valence-corrected chi connectivity index (χ2v) is 4.04. The van der Waals surface area contributed by atoms with Crippen molar-refractivity contribution in [2.45, 2.75) is 20.0 Å². The van der Waals surface area contributed by atoms with Gasteiger partial charge in [-0.1, -0.05) is 6.07 Å². The predicted octanol–water partition coefficient (Wildman–Crippen LogP) is 1.70. The molecule has 0 fully saturated rings. The Balaban J connectivity index is 1.99. The molecule has 2 aromatic rings. The van der Waals surface area contributed by atoms with Crippen molar-refractivity contribution in [3.63, 3.8) is 0 Å². The number of nitrogens with one attached hydrogen (secondary N) is 1. The third kappa shape index (κ3) is 3.19. The van der Waals surface area contributed by atoms with E-state index in [4.69, 9.17) is 5.26 Å². The Bertz CT molecular complexity index is 624. The molecule has 1 heterocycles. The van der Waals surface area contributed by atoms with E-state index < -0.39 is 0 Å². The number of aryl methyl sites for hydroxylation is 1. The molecule has 1 amide bonds. The van der Waals surface area contributed by atoms with Gasteiger partial charge in [0, 0.05) is 18.3 Å². The van der Waals surface area contributed by atoms with Crippen LogP contribution in [0.3, 0.4) is 0 Å². The van der Waals surface area contributed by atoms with Crippen LogP contribution in [0.1, 0.15) is 28.5 Å². The molecular weight excluding hydrogens is 240 g/mol. The van der Waals surface area contributed by atoms with Crippen molar-refractivity contribution in [2.24, 2.45) is 0 Å². The summed E-state index contributed by atoms with van der Waals surface area (Å²) in [6, 6.07) is 10.5. The molecule has 0 saturated heterocycles. The molecule has 1 aromatic carbocycles. The lowest BCUT2D eigenvalue weighted by Gasteiger charge is -2.03. The number of carbonyl (C=O) groups excluding carboxylic acids is 1. The number of carbonyl (C=O) groups is 1. The molecular formula is C14H14N4O. The minimum Gasteiger partial charge on any atom is -0.346 e. The summed E-state index contributed by atoms with van der Waals surface area (Å²) < 4.78 is 1.80. The molecule has 19 heavy (non-hydrogen) atoms. The lowest BCUT2D eigenvalue weighted by atomic mass is 10.1. The third-order valence-corrected chi connectivity index (χ3v) is 2.70. The van der Waals surface area contributed by atoms with E-state index in [9.17, 15) is 4.79 Å². The molecule has 0 aliphatic carbocycles. The maximum Gasteiger partial charge on any atom is 0.251 e. The van der Waals surface area contributed by atoms with Crippen molar-refractivity contribution in [1.29, 1.82) is 5.26 Å². The normalized spacial score (nSPS) is 9.89. The Labute approximate surface area is 111 Å². The number of hydrogen-bond acceptors (Lipinski definition) is 3. The second-order valence-electron chi connectivity index (χ2n) is 4.04. The number of benzene rings is 1. The molecule has 96 valence electrons. The number of hydrogen-bond donors (Lipinski definition) is 1. The van der Waals surface area contributed by atoms with Crippen LogP contribution in [0, 0.1) is 11.3 Å². The first-order chi connectivity index (χ1) is 9.22. The molecule has 0 aliphatic heterocycles. The summed E-state index contributed by atoms with van der Waals surface area (Å²) in [5, 5.41) is 15.8. The second kappa shape index (κ2) is 5.83. The monoisotopic (exact) mass is 254 g/mol. The summed E-state index contributed by atoms with van der Waals surface area (Å²) in [5.74, 6) is -0.205. The number of rotatable bonds is 4. The van der Waals surface area contributed by atoms with E-state index in [-0.39, 0.29) is 5.91 Å². The molecule has 5 heteroatoms. The number of nitriles is 1. The average molecular weight is 254 g/mol.